The Hall–Kier alpha value is -2.76. The van der Waals surface area contributed by atoms with Crippen molar-refractivity contribution in [3.05, 3.63) is 70.3 Å². The first-order chi connectivity index (χ1) is 10.1. The smallest absolute Gasteiger partial charge is 0.140 e. The van der Waals surface area contributed by atoms with E-state index in [2.05, 4.69) is 5.32 Å². The molecule has 5 heteroatoms. The lowest BCUT2D eigenvalue weighted by atomic mass is 10.1. The van der Waals surface area contributed by atoms with Gasteiger partial charge in [0, 0.05) is 13.1 Å². The number of nitriles is 2. The van der Waals surface area contributed by atoms with Crippen molar-refractivity contribution in [3.63, 3.8) is 0 Å². The van der Waals surface area contributed by atoms with Crippen LogP contribution in [-0.2, 0) is 13.1 Å². The van der Waals surface area contributed by atoms with Gasteiger partial charge in [0.25, 0.3) is 0 Å². The molecule has 0 aromatic heterocycles. The number of rotatable bonds is 4. The Morgan fingerprint density at radius 3 is 1.62 bits per heavy atom. The van der Waals surface area contributed by atoms with Gasteiger partial charge in [0.1, 0.15) is 23.8 Å². The largest absolute Gasteiger partial charge is 0.309 e. The summed E-state index contributed by atoms with van der Waals surface area (Å²) in [6, 6.07) is 12.2. The molecule has 0 aliphatic heterocycles. The van der Waals surface area contributed by atoms with Gasteiger partial charge >= 0.3 is 0 Å². The van der Waals surface area contributed by atoms with Crippen LogP contribution in [0, 0.1) is 34.3 Å². The molecule has 3 nitrogen and oxygen atoms in total. The number of halogens is 2. The molecule has 0 unspecified atom stereocenters. The van der Waals surface area contributed by atoms with E-state index in [1.807, 2.05) is 0 Å². The number of hydrogen-bond acceptors (Lipinski definition) is 3. The fourth-order valence-corrected chi connectivity index (χ4v) is 1.89. The van der Waals surface area contributed by atoms with Crippen molar-refractivity contribution in [3.8, 4) is 12.1 Å². The maximum absolute atomic E-state index is 13.2. The molecule has 2 aromatic rings. The van der Waals surface area contributed by atoms with Crippen LogP contribution in [0.2, 0.25) is 0 Å². The summed E-state index contributed by atoms with van der Waals surface area (Å²) < 4.78 is 26.3. The van der Waals surface area contributed by atoms with Gasteiger partial charge in [-0.3, -0.25) is 0 Å². The third kappa shape index (κ3) is 3.62. The van der Waals surface area contributed by atoms with Crippen LogP contribution in [0.3, 0.4) is 0 Å². The van der Waals surface area contributed by atoms with Crippen molar-refractivity contribution in [1.82, 2.24) is 5.32 Å². The van der Waals surface area contributed by atoms with Crippen LogP contribution < -0.4 is 5.32 Å². The standard InChI is InChI=1S/C16H11F2N3/c17-15-3-1-11(5-13(15)7-19)9-21-10-12-2-4-16(18)14(6-12)8-20/h1-6,21H,9-10H2. The van der Waals surface area contributed by atoms with Crippen LogP contribution in [0.4, 0.5) is 8.78 Å². The van der Waals surface area contributed by atoms with E-state index >= 15 is 0 Å². The zero-order chi connectivity index (χ0) is 15.2. The summed E-state index contributed by atoms with van der Waals surface area (Å²) in [5.74, 6) is -1.09. The lowest BCUT2D eigenvalue weighted by molar-refractivity contribution is 0.619. The van der Waals surface area contributed by atoms with Crippen molar-refractivity contribution < 1.29 is 8.78 Å². The van der Waals surface area contributed by atoms with Crippen LogP contribution in [0.1, 0.15) is 22.3 Å². The molecule has 21 heavy (non-hydrogen) atoms. The molecule has 104 valence electrons. The zero-order valence-corrected chi connectivity index (χ0v) is 11.0. The maximum atomic E-state index is 13.2. The third-order valence-corrected chi connectivity index (χ3v) is 2.96. The molecule has 0 atom stereocenters. The Kier molecular flexibility index (Phi) is 4.61. The molecule has 0 saturated carbocycles. The van der Waals surface area contributed by atoms with E-state index in [0.29, 0.717) is 13.1 Å². The minimum absolute atomic E-state index is 0.00264. The molecule has 0 aliphatic carbocycles. The highest BCUT2D eigenvalue weighted by Gasteiger charge is 2.04. The molecule has 0 saturated heterocycles. The van der Waals surface area contributed by atoms with Gasteiger partial charge in [-0.1, -0.05) is 12.1 Å². The highest BCUT2D eigenvalue weighted by atomic mass is 19.1. The highest BCUT2D eigenvalue weighted by Crippen LogP contribution is 2.11. The van der Waals surface area contributed by atoms with Crippen LogP contribution >= 0.6 is 0 Å². The van der Waals surface area contributed by atoms with Crippen LogP contribution in [0.15, 0.2) is 36.4 Å². The highest BCUT2D eigenvalue weighted by molar-refractivity contribution is 5.35. The summed E-state index contributed by atoms with van der Waals surface area (Å²) in [4.78, 5) is 0. The van der Waals surface area contributed by atoms with Gasteiger partial charge in [0.05, 0.1) is 11.1 Å². The Morgan fingerprint density at radius 2 is 1.24 bits per heavy atom. The second-order valence-corrected chi connectivity index (χ2v) is 4.46. The van der Waals surface area contributed by atoms with E-state index in [0.717, 1.165) is 11.1 Å². The van der Waals surface area contributed by atoms with Crippen molar-refractivity contribution in [1.29, 1.82) is 10.5 Å². The maximum Gasteiger partial charge on any atom is 0.140 e. The molecular weight excluding hydrogens is 272 g/mol. The lowest BCUT2D eigenvalue weighted by Crippen LogP contribution is -2.13. The molecule has 2 aromatic carbocycles. The molecule has 0 fully saturated rings. The van der Waals surface area contributed by atoms with Gasteiger partial charge in [-0.05, 0) is 35.4 Å². The van der Waals surface area contributed by atoms with E-state index < -0.39 is 11.6 Å². The van der Waals surface area contributed by atoms with E-state index in [9.17, 15) is 8.78 Å². The monoisotopic (exact) mass is 283 g/mol. The topological polar surface area (TPSA) is 59.6 Å². The molecule has 2 rings (SSSR count). The van der Waals surface area contributed by atoms with E-state index in [1.165, 1.54) is 24.3 Å². The first-order valence-corrected chi connectivity index (χ1v) is 6.22. The summed E-state index contributed by atoms with van der Waals surface area (Å²) in [5, 5.41) is 20.6. The first kappa shape index (κ1) is 14.6. The molecular formula is C16H11F2N3. The van der Waals surface area contributed by atoms with Gasteiger partial charge in [0.15, 0.2) is 0 Å². The van der Waals surface area contributed by atoms with Crippen molar-refractivity contribution in [2.24, 2.45) is 0 Å². The summed E-state index contributed by atoms with van der Waals surface area (Å²) in [7, 11) is 0. The molecule has 0 amide bonds. The normalized spacial score (nSPS) is 9.90. The van der Waals surface area contributed by atoms with Crippen molar-refractivity contribution >= 4 is 0 Å². The Labute approximate surface area is 121 Å². The molecule has 0 radical (unpaired) electrons. The average molecular weight is 283 g/mol. The molecule has 0 aliphatic rings. The zero-order valence-electron chi connectivity index (χ0n) is 11.0. The minimum atomic E-state index is -0.543. The third-order valence-electron chi connectivity index (χ3n) is 2.96. The quantitative estimate of drug-likeness (QED) is 0.938. The van der Waals surface area contributed by atoms with Gasteiger partial charge in [-0.15, -0.1) is 0 Å². The Morgan fingerprint density at radius 1 is 0.810 bits per heavy atom. The molecule has 1 N–H and O–H groups in total. The number of benzene rings is 2. The minimum Gasteiger partial charge on any atom is -0.309 e. The average Bonchev–Trinajstić information content (AvgIpc) is 2.50. The molecule has 0 bridgehead atoms. The van der Waals surface area contributed by atoms with Gasteiger partial charge in [-0.2, -0.15) is 10.5 Å². The lowest BCUT2D eigenvalue weighted by Gasteiger charge is -2.06. The summed E-state index contributed by atoms with van der Waals surface area (Å²) >= 11 is 0. The van der Waals surface area contributed by atoms with Gasteiger partial charge in [0.2, 0.25) is 0 Å². The van der Waals surface area contributed by atoms with Gasteiger partial charge in [-0.25, -0.2) is 8.78 Å². The van der Waals surface area contributed by atoms with Crippen molar-refractivity contribution in [2.75, 3.05) is 0 Å². The van der Waals surface area contributed by atoms with E-state index in [4.69, 9.17) is 10.5 Å². The summed E-state index contributed by atoms with van der Waals surface area (Å²) in [5.41, 5.74) is 1.55. The fourth-order valence-electron chi connectivity index (χ4n) is 1.89. The van der Waals surface area contributed by atoms with E-state index in [-0.39, 0.29) is 11.1 Å². The number of hydrogen-bond donors (Lipinski definition) is 1. The summed E-state index contributed by atoms with van der Waals surface area (Å²) in [6.45, 7) is 0.877. The predicted octanol–water partition coefficient (Wildman–Crippen LogP) is 3.00. The Balaban J connectivity index is 1.99. The summed E-state index contributed by atoms with van der Waals surface area (Å²) in [6.07, 6.45) is 0. The van der Waals surface area contributed by atoms with Crippen molar-refractivity contribution in [2.45, 2.75) is 13.1 Å². The van der Waals surface area contributed by atoms with Crippen LogP contribution in [0.25, 0.3) is 0 Å². The fraction of sp³-hybridized carbons (Fsp3) is 0.125. The van der Waals surface area contributed by atoms with Crippen LogP contribution in [-0.4, -0.2) is 0 Å². The second kappa shape index (κ2) is 6.60. The number of nitrogens with zero attached hydrogens (tertiary/aromatic N) is 2. The number of nitrogens with one attached hydrogen (secondary N) is 1. The van der Waals surface area contributed by atoms with Gasteiger partial charge < -0.3 is 5.32 Å². The molecule has 0 spiro atoms. The molecule has 0 heterocycles. The Bertz CT molecular complexity index is 679. The van der Waals surface area contributed by atoms with Crippen LogP contribution in [0.5, 0.6) is 0 Å². The second-order valence-electron chi connectivity index (χ2n) is 4.46. The SMILES string of the molecule is N#Cc1cc(CNCc2ccc(F)c(C#N)c2)ccc1F. The first-order valence-electron chi connectivity index (χ1n) is 6.22. The van der Waals surface area contributed by atoms with E-state index in [1.54, 1.807) is 24.3 Å². The predicted molar refractivity (Wildman–Crippen MR) is 72.8 cm³/mol.